The van der Waals surface area contributed by atoms with Crippen molar-refractivity contribution >= 4 is 0 Å². The number of hydrogen-bond donors (Lipinski definition) is 1. The molecular formula is C14H31NO. The molecule has 98 valence electrons. The molecule has 0 aliphatic carbocycles. The van der Waals surface area contributed by atoms with Gasteiger partial charge in [-0.1, -0.05) is 71.1 Å². The van der Waals surface area contributed by atoms with Gasteiger partial charge >= 0.3 is 0 Å². The van der Waals surface area contributed by atoms with Gasteiger partial charge < -0.3 is 10.5 Å². The molecule has 16 heavy (non-hydrogen) atoms. The fourth-order valence-corrected chi connectivity index (χ4v) is 1.95. The highest BCUT2D eigenvalue weighted by Gasteiger charge is 1.92. The van der Waals surface area contributed by atoms with Gasteiger partial charge in [0.2, 0.25) is 0 Å². The molecule has 0 aromatic rings. The molecule has 0 aromatic carbocycles. The number of ether oxygens (including phenoxy) is 1. The summed E-state index contributed by atoms with van der Waals surface area (Å²) in [4.78, 5) is 0. The van der Waals surface area contributed by atoms with Crippen LogP contribution in [0, 0.1) is 0 Å². The highest BCUT2D eigenvalue weighted by Crippen LogP contribution is 2.11. The highest BCUT2D eigenvalue weighted by atomic mass is 16.5. The molecule has 0 bridgehead atoms. The summed E-state index contributed by atoms with van der Waals surface area (Å²) in [6.07, 6.45) is 15.2. The van der Waals surface area contributed by atoms with Crippen molar-refractivity contribution in [2.24, 2.45) is 5.73 Å². The Morgan fingerprint density at radius 2 is 1.12 bits per heavy atom. The van der Waals surface area contributed by atoms with Gasteiger partial charge in [0.15, 0.2) is 0 Å². The predicted molar refractivity (Wildman–Crippen MR) is 71.5 cm³/mol. The Morgan fingerprint density at radius 1 is 0.688 bits per heavy atom. The summed E-state index contributed by atoms with van der Waals surface area (Å²) in [5.74, 6) is 0. The molecule has 0 rings (SSSR count). The number of hydrogen-bond acceptors (Lipinski definition) is 2. The number of rotatable bonds is 13. The molecule has 2 nitrogen and oxygen atoms in total. The summed E-state index contributed by atoms with van der Waals surface area (Å²) < 4.78 is 5.09. The van der Waals surface area contributed by atoms with E-state index in [0.717, 1.165) is 6.61 Å². The highest BCUT2D eigenvalue weighted by molar-refractivity contribution is 4.47. The third kappa shape index (κ3) is 13.9. The van der Waals surface area contributed by atoms with Crippen molar-refractivity contribution in [3.63, 3.8) is 0 Å². The first-order valence-electron chi connectivity index (χ1n) is 7.19. The van der Waals surface area contributed by atoms with Gasteiger partial charge in [0.25, 0.3) is 0 Å². The van der Waals surface area contributed by atoms with Crippen molar-refractivity contribution in [3.05, 3.63) is 0 Å². The first-order chi connectivity index (χ1) is 7.91. The monoisotopic (exact) mass is 229 g/mol. The minimum Gasteiger partial charge on any atom is -0.367 e. The second-order valence-corrected chi connectivity index (χ2v) is 4.61. The van der Waals surface area contributed by atoms with E-state index in [0.29, 0.717) is 6.73 Å². The predicted octanol–water partition coefficient (Wildman–Crippen LogP) is 4.23. The van der Waals surface area contributed by atoms with E-state index >= 15 is 0 Å². The molecule has 0 radical (unpaired) electrons. The van der Waals surface area contributed by atoms with Gasteiger partial charge in [-0.3, -0.25) is 0 Å². The van der Waals surface area contributed by atoms with Gasteiger partial charge in [-0.25, -0.2) is 0 Å². The molecule has 0 atom stereocenters. The molecule has 0 unspecified atom stereocenters. The first-order valence-corrected chi connectivity index (χ1v) is 7.19. The van der Waals surface area contributed by atoms with E-state index in [9.17, 15) is 0 Å². The fraction of sp³-hybridized carbons (Fsp3) is 1.00. The lowest BCUT2D eigenvalue weighted by Gasteiger charge is -2.02. The van der Waals surface area contributed by atoms with Crippen LogP contribution >= 0.6 is 0 Å². The summed E-state index contributed by atoms with van der Waals surface area (Å²) in [5.41, 5.74) is 5.24. The van der Waals surface area contributed by atoms with Crippen LogP contribution in [0.2, 0.25) is 0 Å². The third-order valence-corrected chi connectivity index (χ3v) is 3.01. The third-order valence-electron chi connectivity index (χ3n) is 3.01. The second kappa shape index (κ2) is 14.9. The maximum absolute atomic E-state index is 5.24. The quantitative estimate of drug-likeness (QED) is 0.379. The van der Waals surface area contributed by atoms with E-state index in [2.05, 4.69) is 6.92 Å². The van der Waals surface area contributed by atoms with Gasteiger partial charge in [-0.05, 0) is 6.42 Å². The average Bonchev–Trinajstić information content (AvgIpc) is 2.31. The summed E-state index contributed by atoms with van der Waals surface area (Å²) in [6.45, 7) is 3.49. The van der Waals surface area contributed by atoms with Crippen molar-refractivity contribution in [1.82, 2.24) is 0 Å². The van der Waals surface area contributed by atoms with Crippen LogP contribution in [-0.2, 0) is 4.74 Å². The smallest absolute Gasteiger partial charge is 0.0940 e. The zero-order valence-corrected chi connectivity index (χ0v) is 11.2. The molecule has 0 aliphatic rings. The van der Waals surface area contributed by atoms with Gasteiger partial charge in [0.1, 0.15) is 0 Å². The van der Waals surface area contributed by atoms with Gasteiger partial charge in [-0.15, -0.1) is 0 Å². The van der Waals surface area contributed by atoms with E-state index in [1.807, 2.05) is 0 Å². The Balaban J connectivity index is 2.83. The number of nitrogens with two attached hydrogens (primary N) is 1. The van der Waals surface area contributed by atoms with E-state index in [1.54, 1.807) is 0 Å². The molecule has 0 fully saturated rings. The summed E-state index contributed by atoms with van der Waals surface area (Å²) >= 11 is 0. The van der Waals surface area contributed by atoms with Crippen molar-refractivity contribution in [2.75, 3.05) is 13.3 Å². The Bertz CT molecular complexity index is 103. The van der Waals surface area contributed by atoms with Crippen molar-refractivity contribution in [3.8, 4) is 0 Å². The Labute approximate surface area is 102 Å². The summed E-state index contributed by atoms with van der Waals surface area (Å²) in [7, 11) is 0. The Morgan fingerprint density at radius 3 is 1.56 bits per heavy atom. The van der Waals surface area contributed by atoms with Crippen LogP contribution in [0.25, 0.3) is 0 Å². The molecule has 0 amide bonds. The molecule has 0 heterocycles. The van der Waals surface area contributed by atoms with Crippen molar-refractivity contribution in [2.45, 2.75) is 77.6 Å². The normalized spacial score (nSPS) is 10.9. The standard InChI is InChI=1S/C14H31NO/c1-2-3-4-5-6-7-8-9-10-11-12-13-16-14-15/h2-15H2,1H3. The molecule has 0 spiro atoms. The van der Waals surface area contributed by atoms with Crippen LogP contribution in [0.5, 0.6) is 0 Å². The Hall–Kier alpha value is -0.0800. The van der Waals surface area contributed by atoms with Crippen LogP contribution in [0.1, 0.15) is 77.6 Å². The lowest BCUT2D eigenvalue weighted by atomic mass is 10.1. The topological polar surface area (TPSA) is 35.2 Å². The van der Waals surface area contributed by atoms with Gasteiger partial charge in [0.05, 0.1) is 6.73 Å². The summed E-state index contributed by atoms with van der Waals surface area (Å²) in [5, 5.41) is 0. The van der Waals surface area contributed by atoms with Gasteiger partial charge in [0, 0.05) is 6.61 Å². The van der Waals surface area contributed by atoms with E-state index in [1.165, 1.54) is 70.6 Å². The molecule has 0 aliphatic heterocycles. The molecular weight excluding hydrogens is 198 g/mol. The number of unbranched alkanes of at least 4 members (excludes halogenated alkanes) is 10. The molecule has 2 N–H and O–H groups in total. The largest absolute Gasteiger partial charge is 0.367 e. The Kier molecular flexibility index (Phi) is 14.8. The van der Waals surface area contributed by atoms with Crippen LogP contribution in [0.4, 0.5) is 0 Å². The van der Waals surface area contributed by atoms with E-state index < -0.39 is 0 Å². The molecule has 2 heteroatoms. The van der Waals surface area contributed by atoms with Gasteiger partial charge in [-0.2, -0.15) is 0 Å². The fourth-order valence-electron chi connectivity index (χ4n) is 1.95. The van der Waals surface area contributed by atoms with Crippen LogP contribution in [0.15, 0.2) is 0 Å². The lowest BCUT2D eigenvalue weighted by molar-refractivity contribution is 0.136. The summed E-state index contributed by atoms with van der Waals surface area (Å²) in [6, 6.07) is 0. The van der Waals surface area contributed by atoms with Crippen molar-refractivity contribution in [1.29, 1.82) is 0 Å². The SMILES string of the molecule is CCCCCCCCCCCCCOCN. The van der Waals surface area contributed by atoms with E-state index in [-0.39, 0.29) is 0 Å². The van der Waals surface area contributed by atoms with Crippen LogP contribution in [0.3, 0.4) is 0 Å². The molecule has 0 saturated carbocycles. The maximum Gasteiger partial charge on any atom is 0.0940 e. The molecule has 0 aromatic heterocycles. The second-order valence-electron chi connectivity index (χ2n) is 4.61. The van der Waals surface area contributed by atoms with E-state index in [4.69, 9.17) is 10.5 Å². The zero-order chi connectivity index (χ0) is 11.9. The average molecular weight is 229 g/mol. The zero-order valence-electron chi connectivity index (χ0n) is 11.2. The first kappa shape index (κ1) is 15.9. The van der Waals surface area contributed by atoms with Crippen LogP contribution in [-0.4, -0.2) is 13.3 Å². The molecule has 0 saturated heterocycles. The lowest BCUT2D eigenvalue weighted by Crippen LogP contribution is -2.05. The van der Waals surface area contributed by atoms with Crippen LogP contribution < -0.4 is 5.73 Å². The van der Waals surface area contributed by atoms with Crippen molar-refractivity contribution < 1.29 is 4.74 Å². The maximum atomic E-state index is 5.24. The minimum atomic E-state index is 0.373. The minimum absolute atomic E-state index is 0.373.